The van der Waals surface area contributed by atoms with Crippen molar-refractivity contribution in [1.29, 1.82) is 0 Å². The molecule has 0 spiro atoms. The molecule has 5 nitrogen and oxygen atoms in total. The second-order valence-corrected chi connectivity index (χ2v) is 8.60. The summed E-state index contributed by atoms with van der Waals surface area (Å²) in [5.41, 5.74) is 3.17. The molecule has 2 N–H and O–H groups in total. The van der Waals surface area contributed by atoms with Crippen LogP contribution in [0.25, 0.3) is 11.1 Å². The molecular weight excluding hydrogens is 415 g/mol. The average molecular weight is 441 g/mol. The van der Waals surface area contributed by atoms with Crippen LogP contribution < -0.4 is 5.32 Å². The van der Waals surface area contributed by atoms with E-state index in [1.807, 2.05) is 22.4 Å². The van der Waals surface area contributed by atoms with Gasteiger partial charge in [0.05, 0.1) is 18.1 Å². The number of amides is 1. The summed E-state index contributed by atoms with van der Waals surface area (Å²) >= 11 is 1.35. The molecular formula is C24H25FN2O3S. The maximum Gasteiger partial charge on any atom is 0.262 e. The zero-order chi connectivity index (χ0) is 22.0. The van der Waals surface area contributed by atoms with Crippen LogP contribution in [0.2, 0.25) is 0 Å². The Kier molecular flexibility index (Phi) is 6.36. The fraction of sp³-hybridized carbons (Fsp3) is 0.292. The lowest BCUT2D eigenvalue weighted by Crippen LogP contribution is -2.23. The van der Waals surface area contributed by atoms with Gasteiger partial charge in [-0.2, -0.15) is 0 Å². The number of benzene rings is 1. The van der Waals surface area contributed by atoms with Crippen molar-refractivity contribution in [3.05, 3.63) is 81.5 Å². The molecule has 1 amide bonds. The molecule has 1 aromatic carbocycles. The number of aliphatic hydroxyl groups is 1. The minimum atomic E-state index is -0.341. The van der Waals surface area contributed by atoms with E-state index in [1.165, 1.54) is 17.4 Å². The summed E-state index contributed by atoms with van der Waals surface area (Å²) in [5.74, 6) is 0.0671. The first-order chi connectivity index (χ1) is 15.0. The van der Waals surface area contributed by atoms with Gasteiger partial charge in [0.15, 0.2) is 0 Å². The number of fused-ring (bicyclic) bond motifs is 1. The van der Waals surface area contributed by atoms with Gasteiger partial charge < -0.3 is 15.2 Å². The summed E-state index contributed by atoms with van der Waals surface area (Å²) in [6.45, 7) is 6.36. The quantitative estimate of drug-likeness (QED) is 0.759. The van der Waals surface area contributed by atoms with E-state index < -0.39 is 0 Å². The van der Waals surface area contributed by atoms with Gasteiger partial charge in [0.2, 0.25) is 0 Å². The van der Waals surface area contributed by atoms with Crippen LogP contribution in [0.5, 0.6) is 0 Å². The van der Waals surface area contributed by atoms with Gasteiger partial charge in [0, 0.05) is 42.9 Å². The first kappa shape index (κ1) is 21.5. The van der Waals surface area contributed by atoms with Crippen molar-refractivity contribution < 1.29 is 19.0 Å². The number of allylic oxidation sites excluding steroid dienone is 3. The Bertz CT molecular complexity index is 1070. The number of nitrogens with zero attached hydrogens (tertiary/aromatic N) is 1. The minimum Gasteiger partial charge on any atom is -0.496 e. The molecule has 1 atom stereocenters. The van der Waals surface area contributed by atoms with E-state index in [0.29, 0.717) is 64.5 Å². The van der Waals surface area contributed by atoms with E-state index in [1.54, 1.807) is 25.3 Å². The fourth-order valence-corrected chi connectivity index (χ4v) is 4.84. The van der Waals surface area contributed by atoms with Gasteiger partial charge in [-0.15, -0.1) is 11.3 Å². The van der Waals surface area contributed by atoms with Crippen molar-refractivity contribution in [2.75, 3.05) is 26.7 Å². The van der Waals surface area contributed by atoms with Crippen LogP contribution in [0.4, 0.5) is 4.39 Å². The molecule has 1 fully saturated rings. The third-order valence-corrected chi connectivity index (χ3v) is 6.51. The third-order valence-electron chi connectivity index (χ3n) is 5.60. The van der Waals surface area contributed by atoms with E-state index in [-0.39, 0.29) is 17.8 Å². The first-order valence-corrected chi connectivity index (χ1v) is 11.0. The molecule has 0 radical (unpaired) electrons. The number of β-amino-alcohol motifs (C(OH)–C–C–N with tert-alkyl or cyclic N) is 1. The van der Waals surface area contributed by atoms with Crippen molar-refractivity contribution >= 4 is 28.4 Å². The van der Waals surface area contributed by atoms with Crippen molar-refractivity contribution in [3.8, 4) is 0 Å². The molecule has 0 bridgehead atoms. The number of nitrogens with one attached hydrogen (secondary N) is 1. The van der Waals surface area contributed by atoms with Gasteiger partial charge in [0.25, 0.3) is 5.91 Å². The highest BCUT2D eigenvalue weighted by atomic mass is 32.1. The van der Waals surface area contributed by atoms with Crippen LogP contribution in [0, 0.1) is 5.82 Å². The predicted octanol–water partition coefficient (Wildman–Crippen LogP) is 3.82. The predicted molar refractivity (Wildman–Crippen MR) is 121 cm³/mol. The van der Waals surface area contributed by atoms with Crippen molar-refractivity contribution in [3.63, 3.8) is 0 Å². The third kappa shape index (κ3) is 4.49. The number of carbonyl (C=O) groups is 1. The number of hydrogen-bond donors (Lipinski definition) is 2. The van der Waals surface area contributed by atoms with Gasteiger partial charge >= 0.3 is 0 Å². The highest BCUT2D eigenvalue weighted by Crippen LogP contribution is 2.37. The zero-order valence-corrected chi connectivity index (χ0v) is 18.2. The topological polar surface area (TPSA) is 61.8 Å². The standard InChI is InChI=1S/C24H25FN2O3S/c1-15-19-8-11-31-23(19)24(29)26-9-3-4-21(30-2)22(15)16-5-6-17(20(25)12-16)13-27-10-7-18(28)14-27/h3-6,8,11-12,18,28H,1,7,9-10,13-14H2,2H3,(H,26,29)/b4-3-,22-21-. The van der Waals surface area contributed by atoms with E-state index in [9.17, 15) is 9.90 Å². The van der Waals surface area contributed by atoms with Gasteiger partial charge in [-0.05, 0) is 41.1 Å². The molecule has 31 heavy (non-hydrogen) atoms. The molecule has 0 aliphatic carbocycles. The normalized spacial score (nSPS) is 23.4. The number of hydrogen-bond acceptors (Lipinski definition) is 5. The monoisotopic (exact) mass is 440 g/mol. The number of halogens is 1. The van der Waals surface area contributed by atoms with Crippen molar-refractivity contribution in [1.82, 2.24) is 10.2 Å². The second-order valence-electron chi connectivity index (χ2n) is 7.68. The summed E-state index contributed by atoms with van der Waals surface area (Å²) in [6.07, 6.45) is 3.94. The number of aliphatic hydroxyl groups excluding tert-OH is 1. The Labute approximate surface area is 185 Å². The average Bonchev–Trinajstić information content (AvgIpc) is 3.40. The Morgan fingerprint density at radius 1 is 1.39 bits per heavy atom. The molecule has 3 heterocycles. The molecule has 4 rings (SSSR count). The Balaban J connectivity index is 1.74. The number of carbonyl (C=O) groups excluding carboxylic acids is 1. The SMILES string of the molecule is C=C1/C(c2ccc(CN3CCC(O)C3)c(F)c2)=C(OC)\C=C/CNC(=O)c2sccc21. The second kappa shape index (κ2) is 9.18. The molecule has 1 unspecified atom stereocenters. The molecule has 2 aromatic rings. The molecule has 162 valence electrons. The molecule has 2 aliphatic heterocycles. The highest BCUT2D eigenvalue weighted by molar-refractivity contribution is 7.12. The molecule has 0 saturated carbocycles. The van der Waals surface area contributed by atoms with Gasteiger partial charge in [-0.3, -0.25) is 9.69 Å². The number of methoxy groups -OCH3 is 1. The van der Waals surface area contributed by atoms with Crippen LogP contribution in [0.1, 0.15) is 32.8 Å². The fourth-order valence-electron chi connectivity index (χ4n) is 4.00. The van der Waals surface area contributed by atoms with Gasteiger partial charge in [0.1, 0.15) is 11.6 Å². The van der Waals surface area contributed by atoms with Crippen LogP contribution in [-0.4, -0.2) is 48.8 Å². The Hall–Kier alpha value is -2.74. The van der Waals surface area contributed by atoms with Crippen molar-refractivity contribution in [2.24, 2.45) is 0 Å². The number of rotatable bonds is 4. The lowest BCUT2D eigenvalue weighted by molar-refractivity contribution is 0.0961. The zero-order valence-electron chi connectivity index (χ0n) is 17.4. The van der Waals surface area contributed by atoms with Gasteiger partial charge in [-0.25, -0.2) is 4.39 Å². The number of ether oxygens (including phenoxy) is 1. The highest BCUT2D eigenvalue weighted by Gasteiger charge is 2.24. The summed E-state index contributed by atoms with van der Waals surface area (Å²) in [4.78, 5) is 15.1. The number of likely N-dealkylation sites (tertiary alicyclic amines) is 1. The maximum atomic E-state index is 15.1. The first-order valence-electron chi connectivity index (χ1n) is 10.2. The summed E-state index contributed by atoms with van der Waals surface area (Å²) < 4.78 is 20.7. The summed E-state index contributed by atoms with van der Waals surface area (Å²) in [5, 5.41) is 14.4. The van der Waals surface area contributed by atoms with E-state index in [4.69, 9.17) is 4.74 Å². The van der Waals surface area contributed by atoms with Crippen LogP contribution >= 0.6 is 11.3 Å². The Morgan fingerprint density at radius 3 is 2.94 bits per heavy atom. The van der Waals surface area contributed by atoms with E-state index in [0.717, 1.165) is 6.54 Å². The maximum absolute atomic E-state index is 15.1. The van der Waals surface area contributed by atoms with E-state index >= 15 is 4.39 Å². The van der Waals surface area contributed by atoms with Crippen molar-refractivity contribution in [2.45, 2.75) is 19.1 Å². The van der Waals surface area contributed by atoms with Crippen LogP contribution in [0.3, 0.4) is 0 Å². The van der Waals surface area contributed by atoms with Crippen LogP contribution in [-0.2, 0) is 11.3 Å². The molecule has 1 aromatic heterocycles. The molecule has 1 saturated heterocycles. The largest absolute Gasteiger partial charge is 0.496 e. The molecule has 7 heteroatoms. The summed E-state index contributed by atoms with van der Waals surface area (Å²) in [6, 6.07) is 6.97. The van der Waals surface area contributed by atoms with E-state index in [2.05, 4.69) is 11.9 Å². The lowest BCUT2D eigenvalue weighted by atomic mass is 9.91. The van der Waals surface area contributed by atoms with Crippen LogP contribution in [0.15, 0.2) is 54.1 Å². The minimum absolute atomic E-state index is 0.162. The Morgan fingerprint density at radius 2 is 2.23 bits per heavy atom. The number of thiophene rings is 1. The lowest BCUT2D eigenvalue weighted by Gasteiger charge is -2.19. The molecule has 2 aliphatic rings. The smallest absolute Gasteiger partial charge is 0.262 e. The summed E-state index contributed by atoms with van der Waals surface area (Å²) in [7, 11) is 1.56. The van der Waals surface area contributed by atoms with Gasteiger partial charge in [-0.1, -0.05) is 24.8 Å².